The standard InChI is InChI=1S/C26H27NO4/c1-16-5-8-18(9-6-16)24(28)31-27-23-19(20-11-12-26(23,4)25(20,2)3)13-17-7-10-21-22(14-17)30-15-29-21/h5-10,13-14,20H,11-12,15H2,1-4H3/b19-13+,27-23+/t20-,26+/m0/s1. The summed E-state index contributed by atoms with van der Waals surface area (Å²) in [5, 5.41) is 4.46. The van der Waals surface area contributed by atoms with E-state index in [0.717, 1.165) is 46.8 Å². The minimum Gasteiger partial charge on any atom is -0.454 e. The average Bonchev–Trinajstić information content (AvgIpc) is 3.34. The highest BCUT2D eigenvalue weighted by Gasteiger charge is 2.63. The summed E-state index contributed by atoms with van der Waals surface area (Å²) in [5.74, 6) is 1.45. The van der Waals surface area contributed by atoms with E-state index in [2.05, 4.69) is 32.0 Å². The van der Waals surface area contributed by atoms with Gasteiger partial charge in [-0.05, 0) is 72.6 Å². The Labute approximate surface area is 182 Å². The summed E-state index contributed by atoms with van der Waals surface area (Å²) < 4.78 is 11.0. The summed E-state index contributed by atoms with van der Waals surface area (Å²) in [6.45, 7) is 9.07. The summed E-state index contributed by atoms with van der Waals surface area (Å²) >= 11 is 0. The Balaban J connectivity index is 1.51. The number of rotatable bonds is 3. The lowest BCUT2D eigenvalue weighted by Crippen LogP contribution is -2.33. The van der Waals surface area contributed by atoms with Gasteiger partial charge in [0.05, 0.1) is 11.3 Å². The van der Waals surface area contributed by atoms with Gasteiger partial charge in [0.15, 0.2) is 11.5 Å². The molecule has 2 saturated carbocycles. The van der Waals surface area contributed by atoms with E-state index in [4.69, 9.17) is 14.3 Å². The van der Waals surface area contributed by atoms with Gasteiger partial charge in [-0.1, -0.05) is 49.7 Å². The molecule has 2 aromatic rings. The van der Waals surface area contributed by atoms with E-state index in [1.54, 1.807) is 12.1 Å². The minimum absolute atomic E-state index is 0.0320. The van der Waals surface area contributed by atoms with Crippen LogP contribution in [0.5, 0.6) is 11.5 Å². The third-order valence-corrected chi connectivity index (χ3v) is 7.62. The first-order valence-electron chi connectivity index (χ1n) is 10.8. The molecule has 0 unspecified atom stereocenters. The molecule has 0 amide bonds. The molecule has 5 nitrogen and oxygen atoms in total. The highest BCUT2D eigenvalue weighted by molar-refractivity contribution is 6.11. The van der Waals surface area contributed by atoms with Crippen molar-refractivity contribution in [3.05, 3.63) is 64.7 Å². The van der Waals surface area contributed by atoms with E-state index in [1.807, 2.05) is 37.3 Å². The van der Waals surface area contributed by atoms with Crippen LogP contribution in [0.2, 0.25) is 0 Å². The van der Waals surface area contributed by atoms with Crippen molar-refractivity contribution in [3.8, 4) is 11.5 Å². The van der Waals surface area contributed by atoms with Crippen LogP contribution in [0.4, 0.5) is 0 Å². The van der Waals surface area contributed by atoms with Crippen LogP contribution in [-0.4, -0.2) is 18.5 Å². The van der Waals surface area contributed by atoms with Gasteiger partial charge in [-0.2, -0.15) is 0 Å². The molecule has 0 spiro atoms. The second-order valence-electron chi connectivity index (χ2n) is 9.54. The van der Waals surface area contributed by atoms with Crippen molar-refractivity contribution >= 4 is 17.8 Å². The number of oxime groups is 1. The number of allylic oxidation sites excluding steroid dienone is 1. The highest BCUT2D eigenvalue weighted by atomic mass is 16.7. The maximum atomic E-state index is 12.6. The maximum absolute atomic E-state index is 12.6. The first-order chi connectivity index (χ1) is 14.8. The lowest BCUT2D eigenvalue weighted by molar-refractivity contribution is 0.0509. The molecule has 2 aromatic carbocycles. The zero-order valence-electron chi connectivity index (χ0n) is 18.4. The Morgan fingerprint density at radius 1 is 1.10 bits per heavy atom. The van der Waals surface area contributed by atoms with Crippen molar-refractivity contribution in [1.29, 1.82) is 0 Å². The fourth-order valence-corrected chi connectivity index (χ4v) is 5.29. The number of nitrogens with zero attached hydrogens (tertiary/aromatic N) is 1. The van der Waals surface area contributed by atoms with Crippen LogP contribution in [0.25, 0.3) is 6.08 Å². The molecule has 0 N–H and O–H groups in total. The quantitative estimate of drug-likeness (QED) is 0.469. The van der Waals surface area contributed by atoms with E-state index < -0.39 is 5.97 Å². The molecule has 0 saturated heterocycles. The van der Waals surface area contributed by atoms with Gasteiger partial charge in [0, 0.05) is 5.41 Å². The molecule has 2 aliphatic carbocycles. The molecule has 2 fully saturated rings. The number of ether oxygens (including phenoxy) is 2. The second-order valence-corrected chi connectivity index (χ2v) is 9.54. The maximum Gasteiger partial charge on any atom is 0.365 e. The lowest BCUT2D eigenvalue weighted by atomic mass is 9.70. The van der Waals surface area contributed by atoms with Gasteiger partial charge >= 0.3 is 5.97 Å². The molecule has 1 heterocycles. The number of carbonyl (C=O) groups is 1. The summed E-state index contributed by atoms with van der Waals surface area (Å²) in [5.41, 5.74) is 4.55. The Kier molecular flexibility index (Phi) is 4.47. The Bertz CT molecular complexity index is 1110. The fourth-order valence-electron chi connectivity index (χ4n) is 5.29. The number of carbonyl (C=O) groups excluding carboxylic acids is 1. The van der Waals surface area contributed by atoms with Crippen LogP contribution in [0, 0.1) is 23.7 Å². The smallest absolute Gasteiger partial charge is 0.365 e. The van der Waals surface area contributed by atoms with Gasteiger partial charge < -0.3 is 14.3 Å². The molecular formula is C26H27NO4. The predicted octanol–water partition coefficient (Wildman–Crippen LogP) is 5.78. The van der Waals surface area contributed by atoms with Crippen LogP contribution in [-0.2, 0) is 4.84 Å². The zero-order chi connectivity index (χ0) is 21.8. The summed E-state index contributed by atoms with van der Waals surface area (Å²) in [6, 6.07) is 13.3. The third kappa shape index (κ3) is 3.06. The molecule has 2 bridgehead atoms. The van der Waals surface area contributed by atoms with Gasteiger partial charge in [0.1, 0.15) is 0 Å². The molecule has 0 aromatic heterocycles. The molecule has 0 radical (unpaired) electrons. The molecule has 3 aliphatic rings. The number of fused-ring (bicyclic) bond motifs is 3. The average molecular weight is 418 g/mol. The molecule has 5 heteroatoms. The second kappa shape index (κ2) is 6.98. The van der Waals surface area contributed by atoms with Gasteiger partial charge in [-0.3, -0.25) is 0 Å². The van der Waals surface area contributed by atoms with Crippen LogP contribution in [0.15, 0.2) is 53.2 Å². The number of hydrogen-bond acceptors (Lipinski definition) is 5. The fraction of sp³-hybridized carbons (Fsp3) is 0.385. The summed E-state index contributed by atoms with van der Waals surface area (Å²) in [7, 11) is 0. The van der Waals surface area contributed by atoms with Gasteiger partial charge in [-0.15, -0.1) is 0 Å². The largest absolute Gasteiger partial charge is 0.454 e. The minimum atomic E-state index is -0.431. The number of benzene rings is 2. The van der Waals surface area contributed by atoms with Crippen molar-refractivity contribution in [3.63, 3.8) is 0 Å². The summed E-state index contributed by atoms with van der Waals surface area (Å²) in [4.78, 5) is 18.1. The topological polar surface area (TPSA) is 57.1 Å². The molecule has 2 atom stereocenters. The van der Waals surface area contributed by atoms with Gasteiger partial charge in [0.2, 0.25) is 6.79 Å². The van der Waals surface area contributed by atoms with Gasteiger partial charge in [0.25, 0.3) is 0 Å². The molecule has 1 aliphatic heterocycles. The highest BCUT2D eigenvalue weighted by Crippen LogP contribution is 2.66. The Morgan fingerprint density at radius 3 is 2.61 bits per heavy atom. The van der Waals surface area contributed by atoms with Crippen molar-refractivity contribution < 1.29 is 19.1 Å². The van der Waals surface area contributed by atoms with Gasteiger partial charge in [-0.25, -0.2) is 4.79 Å². The summed E-state index contributed by atoms with van der Waals surface area (Å²) in [6.07, 6.45) is 4.30. The van der Waals surface area contributed by atoms with E-state index in [0.29, 0.717) is 11.5 Å². The SMILES string of the molecule is Cc1ccc(C(=O)O/N=C2\C(=C\c3ccc4c(c3)OCO4)[C@@H]3CC[C@@]2(C)C3(C)C)cc1. The van der Waals surface area contributed by atoms with Crippen molar-refractivity contribution in [2.45, 2.75) is 40.5 Å². The van der Waals surface area contributed by atoms with Crippen LogP contribution in [0.1, 0.15) is 55.1 Å². The lowest BCUT2D eigenvalue weighted by Gasteiger charge is -2.33. The molecule has 31 heavy (non-hydrogen) atoms. The van der Waals surface area contributed by atoms with Crippen molar-refractivity contribution in [2.24, 2.45) is 21.9 Å². The third-order valence-electron chi connectivity index (χ3n) is 7.62. The normalized spacial score (nSPS) is 27.8. The Hall–Kier alpha value is -3.08. The monoisotopic (exact) mass is 417 g/mol. The van der Waals surface area contributed by atoms with E-state index >= 15 is 0 Å². The number of hydrogen-bond donors (Lipinski definition) is 0. The van der Waals surface area contributed by atoms with Crippen molar-refractivity contribution in [2.75, 3.05) is 6.79 Å². The zero-order valence-corrected chi connectivity index (χ0v) is 18.4. The first kappa shape index (κ1) is 19.9. The predicted molar refractivity (Wildman–Crippen MR) is 119 cm³/mol. The van der Waals surface area contributed by atoms with Crippen LogP contribution < -0.4 is 9.47 Å². The molecule has 160 valence electrons. The Morgan fingerprint density at radius 2 is 1.84 bits per heavy atom. The van der Waals surface area contributed by atoms with E-state index in [1.165, 1.54) is 0 Å². The molecular weight excluding hydrogens is 390 g/mol. The van der Waals surface area contributed by atoms with E-state index in [-0.39, 0.29) is 17.6 Å². The first-order valence-corrected chi connectivity index (χ1v) is 10.8. The van der Waals surface area contributed by atoms with Crippen LogP contribution >= 0.6 is 0 Å². The van der Waals surface area contributed by atoms with Crippen molar-refractivity contribution in [1.82, 2.24) is 0 Å². The number of aryl methyl sites for hydroxylation is 1. The van der Waals surface area contributed by atoms with Crippen LogP contribution in [0.3, 0.4) is 0 Å². The van der Waals surface area contributed by atoms with E-state index in [9.17, 15) is 4.79 Å². The molecule has 5 rings (SSSR count).